The van der Waals surface area contributed by atoms with Crippen molar-refractivity contribution >= 4 is 0 Å². The van der Waals surface area contributed by atoms with E-state index >= 15 is 0 Å². The quantitative estimate of drug-likeness (QED) is 0.536. The van der Waals surface area contributed by atoms with Gasteiger partial charge in [-0.1, -0.05) is 0 Å². The molecule has 0 bridgehead atoms. The molecule has 0 aliphatic heterocycles. The van der Waals surface area contributed by atoms with E-state index < -0.39 is 6.61 Å². The molecule has 0 unspecified atom stereocenters. The summed E-state index contributed by atoms with van der Waals surface area (Å²) in [6, 6.07) is 0. The minimum Gasteiger partial charge on any atom is -0.385 e. The Morgan fingerprint density at radius 3 is 2.44 bits per heavy atom. The molecule has 0 amide bonds. The van der Waals surface area contributed by atoms with Gasteiger partial charge in [-0.2, -0.15) is 8.78 Å². The van der Waals surface area contributed by atoms with Crippen LogP contribution in [0, 0.1) is 6.61 Å². The van der Waals surface area contributed by atoms with E-state index in [4.69, 9.17) is 0 Å². The van der Waals surface area contributed by atoms with Crippen LogP contribution in [0.25, 0.3) is 0 Å². The smallest absolute Gasteiger partial charge is 0.385 e. The SMILES string of the molecule is COCCCO[C](F)F. The molecule has 0 fully saturated rings. The van der Waals surface area contributed by atoms with Gasteiger partial charge in [0, 0.05) is 13.7 Å². The monoisotopic (exact) mass is 139 g/mol. The van der Waals surface area contributed by atoms with Crippen LogP contribution >= 0.6 is 0 Å². The van der Waals surface area contributed by atoms with Crippen molar-refractivity contribution in [1.29, 1.82) is 0 Å². The summed E-state index contributed by atoms with van der Waals surface area (Å²) in [5.74, 6) is 0. The van der Waals surface area contributed by atoms with Crippen LogP contribution < -0.4 is 0 Å². The lowest BCUT2D eigenvalue weighted by molar-refractivity contribution is -0.0249. The summed E-state index contributed by atoms with van der Waals surface area (Å²) >= 11 is 0. The third-order valence-corrected chi connectivity index (χ3v) is 0.704. The lowest BCUT2D eigenvalue weighted by Gasteiger charge is -1.98. The summed E-state index contributed by atoms with van der Waals surface area (Å²) in [6.07, 6.45) is 0.494. The van der Waals surface area contributed by atoms with Crippen LogP contribution in [0.5, 0.6) is 0 Å². The standard InChI is InChI=1S/C5H9F2O2/c1-8-3-2-4-9-5(6)7/h2-4H2,1H3. The lowest BCUT2D eigenvalue weighted by atomic mass is 10.5. The van der Waals surface area contributed by atoms with Crippen LogP contribution in [0.2, 0.25) is 0 Å². The number of ether oxygens (including phenoxy) is 2. The molecule has 2 nitrogen and oxygen atoms in total. The molecule has 0 heterocycles. The zero-order valence-electron chi connectivity index (χ0n) is 5.19. The van der Waals surface area contributed by atoms with Crippen molar-refractivity contribution in [2.75, 3.05) is 20.3 Å². The van der Waals surface area contributed by atoms with Gasteiger partial charge in [-0.25, -0.2) is 0 Å². The molecule has 4 heteroatoms. The first kappa shape index (κ1) is 8.78. The van der Waals surface area contributed by atoms with Crippen LogP contribution in [-0.4, -0.2) is 20.3 Å². The van der Waals surface area contributed by atoms with Gasteiger partial charge >= 0.3 is 6.61 Å². The van der Waals surface area contributed by atoms with Gasteiger partial charge in [-0.05, 0) is 6.42 Å². The van der Waals surface area contributed by atoms with Crippen molar-refractivity contribution in [3.63, 3.8) is 0 Å². The highest BCUT2D eigenvalue weighted by atomic mass is 19.3. The molecule has 0 saturated carbocycles. The first-order chi connectivity index (χ1) is 4.27. The molecule has 0 atom stereocenters. The van der Waals surface area contributed by atoms with Crippen molar-refractivity contribution < 1.29 is 18.3 Å². The molecule has 0 N–H and O–H groups in total. The number of rotatable bonds is 5. The van der Waals surface area contributed by atoms with Crippen molar-refractivity contribution in [1.82, 2.24) is 0 Å². The minimum atomic E-state index is -1.98. The molecule has 1 radical (unpaired) electrons. The average Bonchev–Trinajstić information content (AvgIpc) is 1.80. The van der Waals surface area contributed by atoms with Gasteiger partial charge in [0.15, 0.2) is 0 Å². The molecule has 9 heavy (non-hydrogen) atoms. The molecule has 0 rings (SSSR count). The Labute approximate surface area is 52.8 Å². The summed E-state index contributed by atoms with van der Waals surface area (Å²) in [5.41, 5.74) is 0. The van der Waals surface area contributed by atoms with Crippen LogP contribution in [0.15, 0.2) is 0 Å². The van der Waals surface area contributed by atoms with E-state index in [-0.39, 0.29) is 6.61 Å². The highest BCUT2D eigenvalue weighted by Gasteiger charge is 2.03. The van der Waals surface area contributed by atoms with Crippen LogP contribution in [-0.2, 0) is 9.47 Å². The molecule has 0 aromatic carbocycles. The van der Waals surface area contributed by atoms with Crippen molar-refractivity contribution in [3.8, 4) is 0 Å². The first-order valence-electron chi connectivity index (χ1n) is 2.57. The maximum absolute atomic E-state index is 11.1. The molecule has 0 aliphatic rings. The van der Waals surface area contributed by atoms with E-state index in [1.165, 1.54) is 7.11 Å². The van der Waals surface area contributed by atoms with Crippen molar-refractivity contribution in [2.24, 2.45) is 0 Å². The van der Waals surface area contributed by atoms with Gasteiger partial charge < -0.3 is 9.47 Å². The lowest BCUT2D eigenvalue weighted by Crippen LogP contribution is -1.98. The van der Waals surface area contributed by atoms with E-state index in [2.05, 4.69) is 9.47 Å². The third kappa shape index (κ3) is 7.78. The Hall–Kier alpha value is -0.220. The Balaban J connectivity index is 2.75. The predicted molar refractivity (Wildman–Crippen MR) is 27.9 cm³/mol. The van der Waals surface area contributed by atoms with Gasteiger partial charge in [-0.3, -0.25) is 0 Å². The molecule has 0 aliphatic carbocycles. The maximum Gasteiger partial charge on any atom is 0.448 e. The highest BCUT2D eigenvalue weighted by Crippen LogP contribution is 2.04. The van der Waals surface area contributed by atoms with Gasteiger partial charge in [0.2, 0.25) is 0 Å². The van der Waals surface area contributed by atoms with E-state index in [1.807, 2.05) is 0 Å². The van der Waals surface area contributed by atoms with Gasteiger partial charge in [0.25, 0.3) is 0 Å². The second-order valence-corrected chi connectivity index (χ2v) is 1.42. The number of halogens is 2. The summed E-state index contributed by atoms with van der Waals surface area (Å²) in [5, 5.41) is 0. The summed E-state index contributed by atoms with van der Waals surface area (Å²) in [6.45, 7) is -1.50. The van der Waals surface area contributed by atoms with Crippen LogP contribution in [0.4, 0.5) is 8.78 Å². The summed E-state index contributed by atoms with van der Waals surface area (Å²) < 4.78 is 30.7. The molecule has 0 aromatic rings. The molecule has 55 valence electrons. The van der Waals surface area contributed by atoms with E-state index in [0.717, 1.165) is 0 Å². The Morgan fingerprint density at radius 1 is 1.33 bits per heavy atom. The molecule has 0 aromatic heterocycles. The van der Waals surface area contributed by atoms with E-state index in [9.17, 15) is 8.78 Å². The second kappa shape index (κ2) is 5.91. The molecule has 0 spiro atoms. The number of hydrogen-bond donors (Lipinski definition) is 0. The van der Waals surface area contributed by atoms with Gasteiger partial charge in [0.1, 0.15) is 0 Å². The average molecular weight is 139 g/mol. The third-order valence-electron chi connectivity index (χ3n) is 0.704. The zero-order chi connectivity index (χ0) is 7.11. The zero-order valence-corrected chi connectivity index (χ0v) is 5.19. The van der Waals surface area contributed by atoms with E-state index in [0.29, 0.717) is 13.0 Å². The van der Waals surface area contributed by atoms with Gasteiger partial charge in [-0.15, -0.1) is 0 Å². The fourth-order valence-electron chi connectivity index (χ4n) is 0.353. The Kier molecular flexibility index (Phi) is 5.76. The van der Waals surface area contributed by atoms with Crippen LogP contribution in [0.3, 0.4) is 0 Å². The van der Waals surface area contributed by atoms with Crippen molar-refractivity contribution in [2.45, 2.75) is 6.42 Å². The summed E-state index contributed by atoms with van der Waals surface area (Å²) in [7, 11) is 1.51. The number of hydrogen-bond acceptors (Lipinski definition) is 2. The molecule has 0 saturated heterocycles. The Bertz CT molecular complexity index is 58.9. The van der Waals surface area contributed by atoms with Crippen LogP contribution in [0.1, 0.15) is 6.42 Å². The number of methoxy groups -OCH3 is 1. The second-order valence-electron chi connectivity index (χ2n) is 1.42. The Morgan fingerprint density at radius 2 is 2.00 bits per heavy atom. The topological polar surface area (TPSA) is 18.5 Å². The summed E-state index contributed by atoms with van der Waals surface area (Å²) in [4.78, 5) is 0. The van der Waals surface area contributed by atoms with Crippen molar-refractivity contribution in [3.05, 3.63) is 6.61 Å². The normalized spacial score (nSPS) is 10.7. The molecular weight excluding hydrogens is 130 g/mol. The highest BCUT2D eigenvalue weighted by molar-refractivity contribution is 4.39. The fraction of sp³-hybridized carbons (Fsp3) is 0.800. The minimum absolute atomic E-state index is 0.0240. The van der Waals surface area contributed by atoms with Gasteiger partial charge in [0.05, 0.1) is 6.61 Å². The largest absolute Gasteiger partial charge is 0.448 e. The first-order valence-corrected chi connectivity index (χ1v) is 2.57. The molecular formula is C5H9F2O2. The maximum atomic E-state index is 11.1. The van der Waals surface area contributed by atoms with E-state index in [1.54, 1.807) is 0 Å². The predicted octanol–water partition coefficient (Wildman–Crippen LogP) is 1.43. The fourth-order valence-corrected chi connectivity index (χ4v) is 0.353.